The highest BCUT2D eigenvalue weighted by Gasteiger charge is 2.16. The Morgan fingerprint density at radius 1 is 1.12 bits per heavy atom. The van der Waals surface area contributed by atoms with Gasteiger partial charge in [0.2, 0.25) is 0 Å². The smallest absolute Gasteiger partial charge is 0.258 e. The number of rotatable bonds is 5. The molecule has 1 aliphatic heterocycles. The van der Waals surface area contributed by atoms with Gasteiger partial charge in [-0.2, -0.15) is 0 Å². The van der Waals surface area contributed by atoms with E-state index in [4.69, 9.17) is 14.2 Å². The third-order valence-corrected chi connectivity index (χ3v) is 4.15. The summed E-state index contributed by atoms with van der Waals surface area (Å²) in [7, 11) is 0. The number of hydrogen-bond donors (Lipinski definition) is 1. The van der Waals surface area contributed by atoms with Crippen LogP contribution in [0, 0.1) is 13.8 Å². The minimum Gasteiger partial charge on any atom is -0.486 e. The summed E-state index contributed by atoms with van der Waals surface area (Å²) in [6.07, 6.45) is 0. The minimum absolute atomic E-state index is 0.0147. The fraction of sp³-hybridized carbons (Fsp3) is 0.350. The lowest BCUT2D eigenvalue weighted by Gasteiger charge is -2.21. The van der Waals surface area contributed by atoms with Crippen LogP contribution in [0.5, 0.6) is 17.2 Å². The fourth-order valence-corrected chi connectivity index (χ4v) is 2.70. The van der Waals surface area contributed by atoms with Gasteiger partial charge in [0.15, 0.2) is 18.1 Å². The van der Waals surface area contributed by atoms with Crippen LogP contribution in [0.1, 0.15) is 29.7 Å². The zero-order chi connectivity index (χ0) is 17.8. The second kappa shape index (κ2) is 7.47. The fourth-order valence-electron chi connectivity index (χ4n) is 2.70. The van der Waals surface area contributed by atoms with Crippen LogP contribution in [0.15, 0.2) is 36.4 Å². The van der Waals surface area contributed by atoms with Crippen molar-refractivity contribution >= 4 is 5.91 Å². The van der Waals surface area contributed by atoms with E-state index in [1.54, 1.807) is 0 Å². The molecule has 0 spiro atoms. The number of ether oxygens (including phenoxy) is 3. The molecule has 0 saturated carbocycles. The number of fused-ring (bicyclic) bond motifs is 1. The molecule has 132 valence electrons. The van der Waals surface area contributed by atoms with Crippen LogP contribution in [-0.4, -0.2) is 25.7 Å². The van der Waals surface area contributed by atoms with Gasteiger partial charge >= 0.3 is 0 Å². The van der Waals surface area contributed by atoms with Crippen molar-refractivity contribution in [2.24, 2.45) is 0 Å². The van der Waals surface area contributed by atoms with E-state index in [9.17, 15) is 4.79 Å². The molecular formula is C20H23NO4. The molecule has 0 fully saturated rings. The topological polar surface area (TPSA) is 56.8 Å². The Kier molecular flexibility index (Phi) is 5.12. The molecule has 1 amide bonds. The van der Waals surface area contributed by atoms with Crippen molar-refractivity contribution in [3.63, 3.8) is 0 Å². The molecule has 1 heterocycles. The first-order chi connectivity index (χ1) is 12.0. The molecule has 5 nitrogen and oxygen atoms in total. The average molecular weight is 341 g/mol. The first kappa shape index (κ1) is 17.1. The highest BCUT2D eigenvalue weighted by Crippen LogP contribution is 2.32. The number of nitrogens with one attached hydrogen (secondary N) is 1. The maximum Gasteiger partial charge on any atom is 0.258 e. The summed E-state index contributed by atoms with van der Waals surface area (Å²) in [5.41, 5.74) is 3.08. The molecule has 1 N–H and O–H groups in total. The summed E-state index contributed by atoms with van der Waals surface area (Å²) >= 11 is 0. The van der Waals surface area contributed by atoms with Crippen LogP contribution in [0.3, 0.4) is 0 Å². The molecule has 2 aromatic carbocycles. The zero-order valence-electron chi connectivity index (χ0n) is 14.8. The first-order valence-corrected chi connectivity index (χ1v) is 8.42. The van der Waals surface area contributed by atoms with Crippen molar-refractivity contribution < 1.29 is 19.0 Å². The highest BCUT2D eigenvalue weighted by atomic mass is 16.6. The lowest BCUT2D eigenvalue weighted by Crippen LogP contribution is -2.31. The molecular weight excluding hydrogens is 318 g/mol. The van der Waals surface area contributed by atoms with Gasteiger partial charge < -0.3 is 19.5 Å². The summed E-state index contributed by atoms with van der Waals surface area (Å²) < 4.78 is 16.8. The van der Waals surface area contributed by atoms with Gasteiger partial charge in [0.1, 0.15) is 19.0 Å². The lowest BCUT2D eigenvalue weighted by molar-refractivity contribution is -0.123. The maximum absolute atomic E-state index is 12.2. The van der Waals surface area contributed by atoms with Crippen molar-refractivity contribution in [3.05, 3.63) is 53.1 Å². The molecule has 3 rings (SSSR count). The summed E-state index contributed by atoms with van der Waals surface area (Å²) in [6.45, 7) is 6.98. The molecule has 5 heteroatoms. The third-order valence-electron chi connectivity index (χ3n) is 4.15. The Bertz CT molecular complexity index is 772. The van der Waals surface area contributed by atoms with Crippen molar-refractivity contribution in [1.29, 1.82) is 0 Å². The first-order valence-electron chi connectivity index (χ1n) is 8.42. The van der Waals surface area contributed by atoms with Crippen molar-refractivity contribution in [2.75, 3.05) is 19.8 Å². The molecule has 0 bridgehead atoms. The van der Waals surface area contributed by atoms with Crippen molar-refractivity contribution in [1.82, 2.24) is 5.32 Å². The van der Waals surface area contributed by atoms with Gasteiger partial charge in [-0.15, -0.1) is 0 Å². The Morgan fingerprint density at radius 3 is 2.68 bits per heavy atom. The van der Waals surface area contributed by atoms with E-state index >= 15 is 0 Å². The van der Waals surface area contributed by atoms with Crippen molar-refractivity contribution in [2.45, 2.75) is 26.8 Å². The summed E-state index contributed by atoms with van der Waals surface area (Å²) in [6, 6.07) is 11.5. The van der Waals surface area contributed by atoms with Gasteiger partial charge in [-0.25, -0.2) is 0 Å². The molecule has 0 radical (unpaired) electrons. The largest absolute Gasteiger partial charge is 0.486 e. The second-order valence-electron chi connectivity index (χ2n) is 6.25. The molecule has 2 aromatic rings. The average Bonchev–Trinajstić information content (AvgIpc) is 2.62. The van der Waals surface area contributed by atoms with E-state index in [2.05, 4.69) is 5.32 Å². The molecule has 0 aliphatic carbocycles. The predicted octanol–water partition coefficient (Wildman–Crippen LogP) is 3.33. The lowest BCUT2D eigenvalue weighted by atomic mass is 10.1. The number of carbonyl (C=O) groups excluding carboxylic acids is 1. The molecule has 0 aromatic heterocycles. The zero-order valence-corrected chi connectivity index (χ0v) is 14.8. The van der Waals surface area contributed by atoms with Gasteiger partial charge in [-0.05, 0) is 55.7 Å². The van der Waals surface area contributed by atoms with Gasteiger partial charge in [0, 0.05) is 0 Å². The van der Waals surface area contributed by atoms with Crippen LogP contribution in [0.2, 0.25) is 0 Å². The second-order valence-corrected chi connectivity index (χ2v) is 6.25. The number of hydrogen-bond acceptors (Lipinski definition) is 4. The Morgan fingerprint density at radius 2 is 1.88 bits per heavy atom. The number of aryl methyl sites for hydroxylation is 2. The molecule has 0 saturated heterocycles. The summed E-state index contributed by atoms with van der Waals surface area (Å²) in [5.74, 6) is 2.04. The predicted molar refractivity (Wildman–Crippen MR) is 95.4 cm³/mol. The SMILES string of the molecule is Cc1ccc(C)c(OCC(=O)N[C@@H](C)c2ccc3c(c2)OCCO3)c1. The van der Waals surface area contributed by atoms with Crippen molar-refractivity contribution in [3.8, 4) is 17.2 Å². The van der Waals surface area contributed by atoms with E-state index < -0.39 is 0 Å². The van der Waals surface area contributed by atoms with Crippen LogP contribution < -0.4 is 19.5 Å². The quantitative estimate of drug-likeness (QED) is 0.906. The summed E-state index contributed by atoms with van der Waals surface area (Å²) in [5, 5.41) is 2.95. The van der Waals surface area contributed by atoms with E-state index in [1.807, 2.05) is 57.2 Å². The van der Waals surface area contributed by atoms with E-state index in [1.165, 1.54) is 0 Å². The third kappa shape index (κ3) is 4.24. The minimum atomic E-state index is -0.164. The van der Waals surface area contributed by atoms with Gasteiger partial charge in [0.25, 0.3) is 5.91 Å². The Hall–Kier alpha value is -2.69. The normalized spacial score (nSPS) is 13.9. The van der Waals surface area contributed by atoms with Gasteiger partial charge in [-0.1, -0.05) is 18.2 Å². The van der Waals surface area contributed by atoms with Gasteiger partial charge in [0.05, 0.1) is 6.04 Å². The molecule has 0 unspecified atom stereocenters. The Labute approximate surface area is 147 Å². The van der Waals surface area contributed by atoms with E-state index in [0.717, 1.165) is 33.9 Å². The monoisotopic (exact) mass is 341 g/mol. The molecule has 1 atom stereocenters. The maximum atomic E-state index is 12.2. The highest BCUT2D eigenvalue weighted by molar-refractivity contribution is 5.78. The van der Waals surface area contributed by atoms with Crippen LogP contribution in [0.25, 0.3) is 0 Å². The van der Waals surface area contributed by atoms with E-state index in [-0.39, 0.29) is 18.6 Å². The number of amides is 1. The van der Waals surface area contributed by atoms with E-state index in [0.29, 0.717) is 13.2 Å². The summed E-state index contributed by atoms with van der Waals surface area (Å²) in [4.78, 5) is 12.2. The number of carbonyl (C=O) groups is 1. The molecule has 25 heavy (non-hydrogen) atoms. The standard InChI is InChI=1S/C20H23NO4/c1-13-4-5-14(2)18(10-13)25-12-20(22)21-15(3)16-6-7-17-19(11-16)24-9-8-23-17/h4-7,10-11,15H,8-9,12H2,1-3H3,(H,21,22)/t15-/m0/s1. The van der Waals surface area contributed by atoms with Crippen LogP contribution in [0.4, 0.5) is 0 Å². The van der Waals surface area contributed by atoms with Crippen LogP contribution in [-0.2, 0) is 4.79 Å². The molecule has 1 aliphatic rings. The Balaban J connectivity index is 1.58. The van der Waals surface area contributed by atoms with Crippen LogP contribution >= 0.6 is 0 Å². The van der Waals surface area contributed by atoms with Gasteiger partial charge in [-0.3, -0.25) is 4.79 Å². The number of benzene rings is 2.